The summed E-state index contributed by atoms with van der Waals surface area (Å²) in [6.07, 6.45) is 8.38. The number of ketones is 1. The van der Waals surface area contributed by atoms with Crippen LogP contribution in [-0.2, 0) is 74.4 Å². The van der Waals surface area contributed by atoms with Crippen molar-refractivity contribution in [1.82, 2.24) is 103 Å². The molecular formula is C102H111ClF2N20O12. The zero-order valence-electron chi connectivity index (χ0n) is 78.9. The van der Waals surface area contributed by atoms with Crippen molar-refractivity contribution in [3.63, 3.8) is 0 Å². The van der Waals surface area contributed by atoms with Gasteiger partial charge in [-0.25, -0.2) is 8.78 Å². The number of carbonyl (C=O) groups is 5. The van der Waals surface area contributed by atoms with Crippen LogP contribution in [0.1, 0.15) is 195 Å². The van der Waals surface area contributed by atoms with Crippen LogP contribution in [0.25, 0.3) is 54.6 Å². The largest absolute Gasteiger partial charge is 0.491 e. The maximum Gasteiger partial charge on any atom is 0.257 e. The number of rotatable bonds is 16. The summed E-state index contributed by atoms with van der Waals surface area (Å²) >= 11 is 6.17. The molecule has 15 aromatic rings. The van der Waals surface area contributed by atoms with Crippen molar-refractivity contribution >= 4 is 95.7 Å². The predicted octanol–water partition coefficient (Wildman–Crippen LogP) is 14.7. The van der Waals surface area contributed by atoms with E-state index in [1.165, 1.54) is 18.3 Å². The number of ether oxygens (including phenoxy) is 5. The average molecular weight is 1880 g/mol. The van der Waals surface area contributed by atoms with E-state index in [2.05, 4.69) is 109 Å². The van der Waals surface area contributed by atoms with Gasteiger partial charge in [-0.1, -0.05) is 121 Å². The van der Waals surface area contributed by atoms with Crippen LogP contribution in [0.2, 0.25) is 5.02 Å². The lowest BCUT2D eigenvalue weighted by atomic mass is 9.81. The molecule has 0 fully saturated rings. The summed E-state index contributed by atoms with van der Waals surface area (Å²) in [6.45, 7) is 32.6. The van der Waals surface area contributed by atoms with Gasteiger partial charge in [-0.15, -0.1) is 0 Å². The van der Waals surface area contributed by atoms with Crippen LogP contribution >= 0.6 is 11.6 Å². The summed E-state index contributed by atoms with van der Waals surface area (Å²) < 4.78 is 71.2. The summed E-state index contributed by atoms with van der Waals surface area (Å²) in [7, 11) is 3.86. The number of aromatic nitrogens is 11. The van der Waals surface area contributed by atoms with Crippen LogP contribution in [0.5, 0.6) is 28.7 Å². The van der Waals surface area contributed by atoms with Crippen molar-refractivity contribution in [3.05, 3.63) is 276 Å². The number of Topliss-reactive ketones (excluding diaryl/α,β-unsaturated/α-hetero) is 1. The molecule has 0 saturated heterocycles. The molecule has 4 amide bonds. The number of aryl methyl sites for hydroxylation is 4. The summed E-state index contributed by atoms with van der Waals surface area (Å²) in [6, 6.07) is 40.2. The van der Waals surface area contributed by atoms with Crippen molar-refractivity contribution in [3.8, 4) is 28.7 Å². The van der Waals surface area contributed by atoms with Crippen LogP contribution < -0.4 is 71.5 Å². The van der Waals surface area contributed by atoms with Crippen LogP contribution in [0, 0.1) is 25.5 Å². The van der Waals surface area contributed by atoms with Crippen LogP contribution in [0.4, 0.5) is 8.78 Å². The Labute approximate surface area is 794 Å². The third kappa shape index (κ3) is 20.5. The molecule has 5 aliphatic heterocycles. The van der Waals surface area contributed by atoms with Crippen LogP contribution in [0.3, 0.4) is 0 Å². The number of para-hydroxylation sites is 7. The van der Waals surface area contributed by atoms with E-state index >= 15 is 0 Å². The van der Waals surface area contributed by atoms with Gasteiger partial charge in [-0.2, -0.15) is 15.3 Å². The first kappa shape index (κ1) is 96.0. The third-order valence-electron chi connectivity index (χ3n) is 24.5. The number of amides is 4. The molecule has 0 spiro atoms. The van der Waals surface area contributed by atoms with Gasteiger partial charge in [0.1, 0.15) is 72.9 Å². The number of nitrogens with one attached hydrogen (secondary N) is 10. The number of hydrogen-bond acceptors (Lipinski definition) is 25. The van der Waals surface area contributed by atoms with Gasteiger partial charge in [0, 0.05) is 172 Å². The Morgan fingerprint density at radius 3 is 1.31 bits per heavy atom. The number of nitrogens with zero attached hydrogens (tertiary/aromatic N) is 10. The molecule has 0 atom stereocenters. The maximum absolute atomic E-state index is 14.0. The van der Waals surface area contributed by atoms with E-state index in [4.69, 9.17) is 54.5 Å². The first-order chi connectivity index (χ1) is 65.7. The normalized spacial score (nSPS) is 14.3. The Hall–Kier alpha value is -14.2. The van der Waals surface area contributed by atoms with E-state index in [0.29, 0.717) is 167 Å². The fourth-order valence-corrected chi connectivity index (χ4v) is 18.0. The van der Waals surface area contributed by atoms with Gasteiger partial charge in [0.05, 0.1) is 88.5 Å². The Bertz CT molecular complexity index is 6520. The topological polar surface area (TPSA) is 395 Å². The lowest BCUT2D eigenvalue weighted by Gasteiger charge is -2.25. The predicted molar refractivity (Wildman–Crippen MR) is 515 cm³/mol. The fraction of sp³-hybridized carbons (Fsp3) is 0.343. The van der Waals surface area contributed by atoms with Crippen molar-refractivity contribution < 1.29 is 65.5 Å². The number of aromatic amines is 1. The molecule has 0 aliphatic carbocycles. The van der Waals surface area contributed by atoms with Crippen molar-refractivity contribution in [2.24, 2.45) is 14.1 Å². The highest BCUT2D eigenvalue weighted by Crippen LogP contribution is 2.41. The zero-order chi connectivity index (χ0) is 96.8. The van der Waals surface area contributed by atoms with Gasteiger partial charge < -0.3 is 80.6 Å². The van der Waals surface area contributed by atoms with Gasteiger partial charge in [0.2, 0.25) is 5.58 Å². The van der Waals surface area contributed by atoms with E-state index in [9.17, 15) is 32.8 Å². The summed E-state index contributed by atoms with van der Waals surface area (Å²) in [5.41, 5.74) is 12.1. The summed E-state index contributed by atoms with van der Waals surface area (Å²) in [4.78, 5) is 78.2. The quantitative estimate of drug-likeness (QED) is 0.0402. The van der Waals surface area contributed by atoms with Crippen LogP contribution in [0.15, 0.2) is 173 Å². The van der Waals surface area contributed by atoms with Gasteiger partial charge in [-0.3, -0.25) is 53.4 Å². The van der Waals surface area contributed by atoms with Crippen molar-refractivity contribution in [2.45, 2.75) is 150 Å². The molecule has 712 valence electrons. The molecule has 0 bridgehead atoms. The molecule has 0 saturated carbocycles. The second-order valence-electron chi connectivity index (χ2n) is 36.9. The van der Waals surface area contributed by atoms with E-state index in [-0.39, 0.29) is 47.2 Å². The standard InChI is InChI=1S/C21H22FN3O2.2C21H25N5O2.C20H20ClN3O3.C19H19FN4O3/c1-21(2,20-15-7-4-8-16(22)18(15)24-25-20)11-17(26)14-6-3-5-13-12-23-9-10-27-19(13)14;1-13-6-5-7-15-17(13)26(4)25-19(15)21(2,3)24-20(27)16-12-23-11-14-10-22-8-9-28-18(14)16;1-13-6-5-7-14-17(13)26(4)25-19(14)21(2,3)24-20(27)15-8-9-23-16-12-22-10-11-28-18(15)16;1-20(2,18-13-6-4-8-15(21)17(13)27-24-18)23-19(25)14-7-3-5-12-11-22-9-10-26-16(12)14;1-19(2,17-12-4-3-5-14(20)16(12)27-24-17)23-18(25)13-10-22-9-11-8-21-6-7-26-15(11)13/h3-8,23H,9-12H2,1-2H3,(H,24,25);5-7,11-12,22H,8-10H2,1-4H3,(H,24,27);5-9,22H,10-12H2,1-4H3,(H,24,27);3-8,22H,9-11H2,1-2H3,(H,23,25);3-5,9-10,21H,6-8H2,1-2H3,(H,23,25). The first-order valence-corrected chi connectivity index (χ1v) is 45.8. The minimum atomic E-state index is -0.901. The van der Waals surface area contributed by atoms with Gasteiger partial charge in [0.25, 0.3) is 23.6 Å². The highest BCUT2D eigenvalue weighted by Gasteiger charge is 2.38. The molecule has 13 heterocycles. The number of benzene rings is 7. The average Bonchev–Trinajstić information content (AvgIpc) is 1.66. The lowest BCUT2D eigenvalue weighted by molar-refractivity contribution is 0.0895. The summed E-state index contributed by atoms with van der Waals surface area (Å²) in [5.74, 6) is 1.14. The molecule has 5 aliphatic rings. The van der Waals surface area contributed by atoms with Gasteiger partial charge in [0.15, 0.2) is 28.8 Å². The summed E-state index contributed by atoms with van der Waals surface area (Å²) in [5, 5.41) is 57.7. The van der Waals surface area contributed by atoms with Gasteiger partial charge in [-0.05, 0) is 129 Å². The number of carbonyl (C=O) groups excluding carboxylic acids is 5. The molecule has 10 N–H and O–H groups in total. The Balaban J connectivity index is 0.000000124. The smallest absolute Gasteiger partial charge is 0.257 e. The number of pyridine rings is 3. The zero-order valence-corrected chi connectivity index (χ0v) is 79.7. The van der Waals surface area contributed by atoms with Crippen molar-refractivity contribution in [2.75, 3.05) is 65.8 Å². The Kier molecular flexibility index (Phi) is 28.3. The second kappa shape index (κ2) is 40.4. The molecule has 137 heavy (non-hydrogen) atoms. The number of halogens is 3. The molecule has 0 radical (unpaired) electrons. The molecular weight excluding hydrogens is 1770 g/mol. The number of H-pyrrole nitrogens is 1. The van der Waals surface area contributed by atoms with Crippen LogP contribution in [-0.4, -0.2) is 150 Å². The minimum Gasteiger partial charge on any atom is -0.491 e. The fourth-order valence-electron chi connectivity index (χ4n) is 17.8. The highest BCUT2D eigenvalue weighted by molar-refractivity contribution is 6.34. The van der Waals surface area contributed by atoms with E-state index < -0.39 is 33.4 Å². The molecule has 0 unspecified atom stereocenters. The van der Waals surface area contributed by atoms with Crippen molar-refractivity contribution in [1.29, 1.82) is 0 Å². The minimum absolute atomic E-state index is 0.00194. The van der Waals surface area contributed by atoms with Gasteiger partial charge >= 0.3 is 0 Å². The first-order valence-electron chi connectivity index (χ1n) is 45.4. The monoisotopic (exact) mass is 1880 g/mol. The molecule has 7 aromatic carbocycles. The third-order valence-corrected chi connectivity index (χ3v) is 24.8. The second-order valence-corrected chi connectivity index (χ2v) is 37.3. The SMILES string of the molecule is CC(C)(CC(=O)c1cccc2c1OCCNC2)c1[nH]nc2c(F)cccc12.CC(C)(NC(=O)c1cccc2c1OCCNC2)c1noc2c(Cl)cccc12.CC(C)(NC(=O)c1cncc2c1OCCNC2)c1noc2c(F)cccc12.Cc1cccc2c(C(C)(C)NC(=O)c3ccnc4c3OCCNC4)nn(C)c12.Cc1cccc2c(C(C)(C)NC(=O)c3cncc4c3OCCNC4)nn(C)c12. The maximum atomic E-state index is 14.0. The number of fused-ring (bicyclic) bond motifs is 10. The Morgan fingerprint density at radius 1 is 0.416 bits per heavy atom. The molecule has 8 aromatic heterocycles. The van der Waals surface area contributed by atoms with E-state index in [1.807, 2.05) is 152 Å². The van der Waals surface area contributed by atoms with E-state index in [0.717, 1.165) is 110 Å². The molecule has 35 heteroatoms. The highest BCUT2D eigenvalue weighted by atomic mass is 35.5. The molecule has 32 nitrogen and oxygen atoms in total. The Morgan fingerprint density at radius 2 is 0.803 bits per heavy atom. The number of hydrogen-bond donors (Lipinski definition) is 10. The van der Waals surface area contributed by atoms with E-state index in [1.54, 1.807) is 75.0 Å². The molecule has 20 rings (SSSR count). The lowest BCUT2D eigenvalue weighted by Crippen LogP contribution is -2.41.